The molecule has 0 aliphatic carbocycles. The number of carbonyl (C=O) groups excluding carboxylic acids is 1. The van der Waals surface area contributed by atoms with Gasteiger partial charge in [-0.3, -0.25) is 4.79 Å². The van der Waals surface area contributed by atoms with E-state index in [0.717, 1.165) is 29.9 Å². The van der Waals surface area contributed by atoms with Gasteiger partial charge in [0.05, 0.1) is 21.6 Å². The SMILES string of the molecule is N[C@H]1CCN(c2nc(CCC(=O)[C@@H]3CCCN3S(=O)(=O)c3ccc(Cl)s3)cc(-c3ccc(C(F)(F)F)cc3)n2)C1. The Morgan fingerprint density at radius 2 is 1.85 bits per heavy atom. The molecule has 1 aromatic carbocycles. The summed E-state index contributed by atoms with van der Waals surface area (Å²) in [6.07, 6.45) is -2.44. The van der Waals surface area contributed by atoms with Crippen LogP contribution in [0, 0.1) is 0 Å². The van der Waals surface area contributed by atoms with Crippen molar-refractivity contribution in [2.45, 2.75) is 54.6 Å². The van der Waals surface area contributed by atoms with Crippen LogP contribution in [0.5, 0.6) is 0 Å². The van der Waals surface area contributed by atoms with E-state index in [2.05, 4.69) is 9.97 Å². The van der Waals surface area contributed by atoms with Crippen LogP contribution in [-0.2, 0) is 27.4 Å². The second-order valence-electron chi connectivity index (χ2n) is 9.91. The van der Waals surface area contributed by atoms with Crippen LogP contribution in [0.4, 0.5) is 19.1 Å². The summed E-state index contributed by atoms with van der Waals surface area (Å²) < 4.78 is 67.2. The molecule has 40 heavy (non-hydrogen) atoms. The monoisotopic (exact) mass is 613 g/mol. The van der Waals surface area contributed by atoms with E-state index >= 15 is 0 Å². The Morgan fingerprint density at radius 1 is 1.10 bits per heavy atom. The van der Waals surface area contributed by atoms with Crippen molar-refractivity contribution in [2.24, 2.45) is 5.73 Å². The Bertz CT molecular complexity index is 1500. The van der Waals surface area contributed by atoms with Crippen molar-refractivity contribution in [1.29, 1.82) is 0 Å². The summed E-state index contributed by atoms with van der Waals surface area (Å²) in [5, 5.41) is 0. The zero-order chi connectivity index (χ0) is 28.7. The number of nitrogens with zero attached hydrogens (tertiary/aromatic N) is 4. The Morgan fingerprint density at radius 3 is 2.48 bits per heavy atom. The molecule has 0 radical (unpaired) electrons. The van der Waals surface area contributed by atoms with Gasteiger partial charge in [0.15, 0.2) is 5.78 Å². The molecule has 2 fully saturated rings. The van der Waals surface area contributed by atoms with Crippen LogP contribution < -0.4 is 10.6 Å². The molecular formula is C26H27ClF3N5O3S2. The van der Waals surface area contributed by atoms with Gasteiger partial charge < -0.3 is 10.6 Å². The zero-order valence-corrected chi connectivity index (χ0v) is 23.7. The van der Waals surface area contributed by atoms with Crippen molar-refractivity contribution in [3.05, 3.63) is 58.1 Å². The van der Waals surface area contributed by atoms with Gasteiger partial charge in [-0.05, 0) is 56.0 Å². The van der Waals surface area contributed by atoms with Gasteiger partial charge in [-0.15, -0.1) is 11.3 Å². The lowest BCUT2D eigenvalue weighted by atomic mass is 10.0. The Balaban J connectivity index is 1.37. The molecule has 0 saturated carbocycles. The van der Waals surface area contributed by atoms with Crippen LogP contribution in [0.2, 0.25) is 4.34 Å². The van der Waals surface area contributed by atoms with E-state index < -0.39 is 27.8 Å². The quantitative estimate of drug-likeness (QED) is 0.390. The van der Waals surface area contributed by atoms with Gasteiger partial charge in [0.1, 0.15) is 4.21 Å². The molecule has 0 unspecified atom stereocenters. The van der Waals surface area contributed by atoms with Crippen molar-refractivity contribution in [3.63, 3.8) is 0 Å². The maximum Gasteiger partial charge on any atom is 0.416 e. The maximum atomic E-state index is 13.3. The van der Waals surface area contributed by atoms with Crippen molar-refractivity contribution in [1.82, 2.24) is 14.3 Å². The minimum absolute atomic E-state index is 0.0446. The molecule has 0 bridgehead atoms. The summed E-state index contributed by atoms with van der Waals surface area (Å²) in [5.74, 6) is 0.176. The predicted octanol–water partition coefficient (Wildman–Crippen LogP) is 4.77. The second-order valence-corrected chi connectivity index (χ2v) is 13.7. The van der Waals surface area contributed by atoms with Crippen molar-refractivity contribution >= 4 is 44.7 Å². The summed E-state index contributed by atoms with van der Waals surface area (Å²) in [6, 6.07) is 8.51. The van der Waals surface area contributed by atoms with Gasteiger partial charge in [0, 0.05) is 43.4 Å². The lowest BCUT2D eigenvalue weighted by Gasteiger charge is -2.22. The molecule has 2 aliphatic rings. The van der Waals surface area contributed by atoms with Gasteiger partial charge >= 0.3 is 6.18 Å². The number of anilines is 1. The van der Waals surface area contributed by atoms with Crippen LogP contribution in [0.1, 0.15) is 36.9 Å². The van der Waals surface area contributed by atoms with Crippen LogP contribution in [0.25, 0.3) is 11.3 Å². The predicted molar refractivity (Wildman–Crippen MR) is 147 cm³/mol. The number of ketones is 1. The first-order valence-corrected chi connectivity index (χ1v) is 15.4. The van der Waals surface area contributed by atoms with E-state index in [0.29, 0.717) is 53.2 Å². The minimum atomic E-state index is -4.45. The number of halogens is 4. The van der Waals surface area contributed by atoms with Crippen LogP contribution >= 0.6 is 22.9 Å². The number of hydrogen-bond acceptors (Lipinski definition) is 8. The number of benzene rings is 1. The molecule has 2 atom stereocenters. The zero-order valence-electron chi connectivity index (χ0n) is 21.3. The number of sulfonamides is 1. The summed E-state index contributed by atoms with van der Waals surface area (Å²) in [6.45, 7) is 1.42. The number of alkyl halides is 3. The van der Waals surface area contributed by atoms with E-state index in [9.17, 15) is 26.4 Å². The highest BCUT2D eigenvalue weighted by molar-refractivity contribution is 7.91. The fourth-order valence-corrected chi connectivity index (χ4v) is 8.31. The average molecular weight is 614 g/mol. The smallest absolute Gasteiger partial charge is 0.339 e. The van der Waals surface area contributed by atoms with Gasteiger partial charge in [-0.1, -0.05) is 23.7 Å². The normalized spacial score (nSPS) is 20.4. The topological polar surface area (TPSA) is 109 Å². The summed E-state index contributed by atoms with van der Waals surface area (Å²) in [4.78, 5) is 24.4. The number of Topliss-reactive ketones (excluding diaryl/α,β-unsaturated/α-hetero) is 1. The van der Waals surface area contributed by atoms with E-state index in [1.165, 1.54) is 28.6 Å². The number of carbonyl (C=O) groups is 1. The number of rotatable bonds is 8. The highest BCUT2D eigenvalue weighted by Crippen LogP contribution is 2.34. The highest BCUT2D eigenvalue weighted by atomic mass is 35.5. The summed E-state index contributed by atoms with van der Waals surface area (Å²) in [7, 11) is -3.85. The average Bonchev–Trinajstić information content (AvgIpc) is 3.68. The first-order chi connectivity index (χ1) is 18.9. The maximum absolute atomic E-state index is 13.3. The van der Waals surface area contributed by atoms with E-state index in [-0.39, 0.29) is 35.4 Å². The van der Waals surface area contributed by atoms with E-state index in [1.54, 1.807) is 6.07 Å². The Labute approximate surface area is 239 Å². The summed E-state index contributed by atoms with van der Waals surface area (Å²) in [5.41, 5.74) is 6.74. The molecule has 0 amide bonds. The first-order valence-electron chi connectivity index (χ1n) is 12.8. The fourth-order valence-electron chi connectivity index (χ4n) is 5.02. The molecule has 2 aliphatic heterocycles. The molecule has 14 heteroatoms. The number of nitrogens with two attached hydrogens (primary N) is 1. The van der Waals surface area contributed by atoms with E-state index in [4.69, 9.17) is 17.3 Å². The lowest BCUT2D eigenvalue weighted by Crippen LogP contribution is -2.40. The van der Waals surface area contributed by atoms with Crippen LogP contribution in [0.15, 0.2) is 46.7 Å². The third-order valence-corrected chi connectivity index (χ3v) is 10.7. The molecule has 2 saturated heterocycles. The minimum Gasteiger partial charge on any atom is -0.339 e. The third kappa shape index (κ3) is 6.18. The van der Waals surface area contributed by atoms with Crippen LogP contribution in [0.3, 0.4) is 0 Å². The highest BCUT2D eigenvalue weighted by Gasteiger charge is 2.39. The number of hydrogen-bond donors (Lipinski definition) is 1. The molecule has 2 N–H and O–H groups in total. The summed E-state index contributed by atoms with van der Waals surface area (Å²) >= 11 is 6.89. The molecule has 2 aromatic heterocycles. The molecule has 5 rings (SSSR count). The molecule has 4 heterocycles. The van der Waals surface area contributed by atoms with Crippen molar-refractivity contribution < 1.29 is 26.4 Å². The van der Waals surface area contributed by atoms with Crippen LogP contribution in [-0.4, -0.2) is 60.2 Å². The second kappa shape index (κ2) is 11.4. The van der Waals surface area contributed by atoms with Crippen molar-refractivity contribution in [3.8, 4) is 11.3 Å². The molecule has 3 aromatic rings. The molecule has 8 nitrogen and oxygen atoms in total. The van der Waals surface area contributed by atoms with Gasteiger partial charge in [-0.2, -0.15) is 17.5 Å². The van der Waals surface area contributed by atoms with Gasteiger partial charge in [0.2, 0.25) is 5.95 Å². The van der Waals surface area contributed by atoms with Gasteiger partial charge in [-0.25, -0.2) is 18.4 Å². The lowest BCUT2D eigenvalue weighted by molar-refractivity contribution is -0.137. The van der Waals surface area contributed by atoms with E-state index in [1.807, 2.05) is 4.90 Å². The fraction of sp³-hybridized carbons (Fsp3) is 0.423. The molecular weight excluding hydrogens is 587 g/mol. The first kappa shape index (κ1) is 28.9. The largest absolute Gasteiger partial charge is 0.416 e. The van der Waals surface area contributed by atoms with Gasteiger partial charge in [0.25, 0.3) is 10.0 Å². The molecule has 214 valence electrons. The van der Waals surface area contributed by atoms with Crippen molar-refractivity contribution in [2.75, 3.05) is 24.5 Å². The standard InChI is InChI=1S/C26H27ClF3N5O3S2/c27-23-9-10-24(39-23)40(37,38)35-12-1-2-21(35)22(36)8-7-19-14-20(16-3-5-17(6-4-16)26(28,29)30)33-25(32-19)34-13-11-18(31)15-34/h3-6,9-10,14,18,21H,1-2,7-8,11-13,15,31H2/t18-,21-/m0/s1. The third-order valence-electron chi connectivity index (χ3n) is 7.10. The Hall–Kier alpha value is -2.58. The molecule has 0 spiro atoms. The number of aryl methyl sites for hydroxylation is 1. The Kier molecular flexibility index (Phi) is 8.22. The number of thiophene rings is 1. The number of aromatic nitrogens is 2.